The normalized spacial score (nSPS) is 17.4. The zero-order valence-electron chi connectivity index (χ0n) is 23.3. The molecule has 1 saturated heterocycles. The zero-order valence-corrected chi connectivity index (χ0v) is 24.0. The average molecular weight is 595 g/mol. The van der Waals surface area contributed by atoms with Crippen molar-refractivity contribution in [3.8, 4) is 16.9 Å². The summed E-state index contributed by atoms with van der Waals surface area (Å²) >= 11 is 6.41. The largest absolute Gasteiger partial charge is 0.489 e. The number of aryl methyl sites for hydroxylation is 1. The van der Waals surface area contributed by atoms with Crippen LogP contribution in [-0.4, -0.2) is 57.5 Å². The first kappa shape index (κ1) is 28.6. The summed E-state index contributed by atoms with van der Waals surface area (Å²) in [5.74, 6) is -4.76. The molecule has 7 nitrogen and oxygen atoms in total. The van der Waals surface area contributed by atoms with Crippen LogP contribution in [0.25, 0.3) is 22.0 Å². The maximum Gasteiger partial charge on any atom is 0.349 e. The average Bonchev–Trinajstić information content (AvgIpc) is 3.52. The molecule has 0 unspecified atom stereocenters. The van der Waals surface area contributed by atoms with Gasteiger partial charge in [0.25, 0.3) is 5.91 Å². The molecule has 1 amide bonds. The number of aromatic nitrogens is 2. The smallest absolute Gasteiger partial charge is 0.349 e. The molecule has 2 N–H and O–H groups in total. The number of alkyl halides is 2. The lowest BCUT2D eigenvalue weighted by atomic mass is 9.98. The van der Waals surface area contributed by atoms with Crippen LogP contribution in [0.4, 0.5) is 8.78 Å². The maximum absolute atomic E-state index is 15.5. The lowest BCUT2D eigenvalue weighted by Gasteiger charge is -2.30. The summed E-state index contributed by atoms with van der Waals surface area (Å²) in [5, 5.41) is 19.3. The minimum absolute atomic E-state index is 0.154. The Morgan fingerprint density at radius 3 is 2.50 bits per heavy atom. The van der Waals surface area contributed by atoms with Crippen LogP contribution in [0.2, 0.25) is 5.02 Å². The van der Waals surface area contributed by atoms with Crippen molar-refractivity contribution in [1.82, 2.24) is 20.0 Å². The number of benzene rings is 3. The molecule has 0 bridgehead atoms. The van der Waals surface area contributed by atoms with Crippen molar-refractivity contribution in [2.24, 2.45) is 7.05 Å². The van der Waals surface area contributed by atoms with E-state index in [1.165, 1.54) is 12.1 Å². The van der Waals surface area contributed by atoms with E-state index in [0.717, 1.165) is 60.8 Å². The SMILES string of the molecule is Cn1ncc2ccc(-c3ccc(C(F)(F)C(=O)N[C@H](CN4CCCC4)[C@H](O)c4ccc(OC5CC5)c(Cl)c4)cc3)cc21. The Balaban J connectivity index is 1.20. The number of ether oxygens (including phenoxy) is 1. The van der Waals surface area contributed by atoms with Gasteiger partial charge in [-0.05, 0) is 73.7 Å². The highest BCUT2D eigenvalue weighted by Crippen LogP contribution is 2.35. The van der Waals surface area contributed by atoms with Crippen molar-refractivity contribution in [2.75, 3.05) is 19.6 Å². The first-order valence-electron chi connectivity index (χ1n) is 14.3. The quantitative estimate of drug-likeness (QED) is 0.241. The summed E-state index contributed by atoms with van der Waals surface area (Å²) in [7, 11) is 1.84. The number of aliphatic hydroxyl groups excluding tert-OH is 1. The molecule has 1 aromatic heterocycles. The minimum atomic E-state index is -3.81. The second-order valence-corrected chi connectivity index (χ2v) is 11.6. The third kappa shape index (κ3) is 6.00. The molecular weight excluding hydrogens is 562 g/mol. The Morgan fingerprint density at radius 1 is 1.10 bits per heavy atom. The van der Waals surface area contributed by atoms with Crippen molar-refractivity contribution in [3.05, 3.63) is 83.0 Å². The number of halogens is 3. The molecule has 1 saturated carbocycles. The number of amides is 1. The number of carbonyl (C=O) groups excluding carboxylic acids is 1. The molecule has 10 heteroatoms. The van der Waals surface area contributed by atoms with Gasteiger partial charge in [0, 0.05) is 24.5 Å². The lowest BCUT2D eigenvalue weighted by molar-refractivity contribution is -0.149. The van der Waals surface area contributed by atoms with Gasteiger partial charge >= 0.3 is 5.92 Å². The van der Waals surface area contributed by atoms with Crippen LogP contribution in [0.5, 0.6) is 5.75 Å². The molecule has 0 radical (unpaired) electrons. The van der Waals surface area contributed by atoms with Crippen molar-refractivity contribution < 1.29 is 23.4 Å². The van der Waals surface area contributed by atoms with Crippen molar-refractivity contribution >= 4 is 28.4 Å². The number of fused-ring (bicyclic) bond motifs is 1. The topological polar surface area (TPSA) is 79.6 Å². The van der Waals surface area contributed by atoms with Gasteiger partial charge in [0.15, 0.2) is 0 Å². The summed E-state index contributed by atoms with van der Waals surface area (Å²) in [5.41, 5.74) is 2.52. The van der Waals surface area contributed by atoms with E-state index in [4.69, 9.17) is 16.3 Å². The van der Waals surface area contributed by atoms with E-state index in [9.17, 15) is 9.90 Å². The first-order valence-corrected chi connectivity index (χ1v) is 14.6. The van der Waals surface area contributed by atoms with Crippen LogP contribution in [-0.2, 0) is 17.8 Å². The Kier molecular flexibility index (Phi) is 7.91. The number of hydrogen-bond donors (Lipinski definition) is 2. The Labute approximate surface area is 248 Å². The number of likely N-dealkylation sites (tertiary alicyclic amines) is 1. The lowest BCUT2D eigenvalue weighted by Crippen LogP contribution is -2.50. The summed E-state index contributed by atoms with van der Waals surface area (Å²) in [6.07, 6.45) is 4.58. The molecule has 220 valence electrons. The van der Waals surface area contributed by atoms with E-state index in [-0.39, 0.29) is 12.6 Å². The van der Waals surface area contributed by atoms with E-state index in [0.29, 0.717) is 16.3 Å². The van der Waals surface area contributed by atoms with Gasteiger partial charge in [0.2, 0.25) is 0 Å². The maximum atomic E-state index is 15.5. The van der Waals surface area contributed by atoms with Gasteiger partial charge < -0.3 is 20.1 Å². The molecule has 4 aromatic rings. The van der Waals surface area contributed by atoms with Crippen LogP contribution >= 0.6 is 11.6 Å². The second-order valence-electron chi connectivity index (χ2n) is 11.2. The highest BCUT2D eigenvalue weighted by molar-refractivity contribution is 6.32. The van der Waals surface area contributed by atoms with Crippen molar-refractivity contribution in [1.29, 1.82) is 0 Å². The molecule has 6 rings (SSSR count). The fourth-order valence-corrected chi connectivity index (χ4v) is 5.68. The van der Waals surface area contributed by atoms with Gasteiger partial charge in [-0.15, -0.1) is 0 Å². The number of hydrogen-bond acceptors (Lipinski definition) is 5. The number of nitrogens with one attached hydrogen (secondary N) is 1. The molecule has 2 atom stereocenters. The van der Waals surface area contributed by atoms with Crippen LogP contribution in [0.3, 0.4) is 0 Å². The second kappa shape index (κ2) is 11.6. The predicted molar refractivity (Wildman–Crippen MR) is 158 cm³/mol. The van der Waals surface area contributed by atoms with Gasteiger partial charge in [0.1, 0.15) is 11.9 Å². The van der Waals surface area contributed by atoms with E-state index in [1.54, 1.807) is 41.2 Å². The van der Waals surface area contributed by atoms with Gasteiger partial charge in [-0.25, -0.2) is 0 Å². The minimum Gasteiger partial charge on any atom is -0.489 e. The summed E-state index contributed by atoms with van der Waals surface area (Å²) in [6.45, 7) is 1.78. The van der Waals surface area contributed by atoms with Gasteiger partial charge in [-0.1, -0.05) is 54.1 Å². The molecule has 1 aliphatic carbocycles. The first-order chi connectivity index (χ1) is 20.2. The predicted octanol–water partition coefficient (Wildman–Crippen LogP) is 5.84. The van der Waals surface area contributed by atoms with E-state index < -0.39 is 29.5 Å². The van der Waals surface area contributed by atoms with Crippen LogP contribution in [0.1, 0.15) is 42.9 Å². The summed E-state index contributed by atoms with van der Waals surface area (Å²) in [6, 6.07) is 15.4. The van der Waals surface area contributed by atoms with Crippen LogP contribution in [0.15, 0.2) is 66.9 Å². The number of rotatable bonds is 10. The van der Waals surface area contributed by atoms with Gasteiger partial charge in [-0.2, -0.15) is 13.9 Å². The molecule has 3 aromatic carbocycles. The molecule has 0 spiro atoms. The third-order valence-electron chi connectivity index (χ3n) is 8.08. The highest BCUT2D eigenvalue weighted by Gasteiger charge is 2.43. The number of nitrogens with zero attached hydrogens (tertiary/aromatic N) is 3. The van der Waals surface area contributed by atoms with Crippen molar-refractivity contribution in [2.45, 2.75) is 49.9 Å². The standard InChI is InChI=1S/C32H33ClF2N4O3/c1-38-28-17-21(4-5-23(28)18-36-38)20-6-9-24(10-7-20)32(34,35)31(41)37-27(19-39-14-2-3-15-39)30(40)22-8-13-29(26(33)16-22)42-25-11-12-25/h4-10,13,16-18,25,27,30,40H,2-3,11-12,14-15,19H2,1H3,(H,37,41)/t27-,30-/m1/s1. The molecule has 2 aliphatic rings. The monoisotopic (exact) mass is 594 g/mol. The van der Waals surface area contributed by atoms with Crippen LogP contribution < -0.4 is 10.1 Å². The Morgan fingerprint density at radius 2 is 1.81 bits per heavy atom. The fraction of sp³-hybridized carbons (Fsp3) is 0.375. The number of aliphatic hydroxyl groups is 1. The molecule has 2 fully saturated rings. The molecule has 2 heterocycles. The fourth-order valence-electron chi connectivity index (χ4n) is 5.45. The molecule has 1 aliphatic heterocycles. The zero-order chi connectivity index (χ0) is 29.4. The van der Waals surface area contributed by atoms with Gasteiger partial charge in [-0.3, -0.25) is 9.48 Å². The molecule has 42 heavy (non-hydrogen) atoms. The Bertz CT molecular complexity index is 1580. The van der Waals surface area contributed by atoms with E-state index in [2.05, 4.69) is 15.3 Å². The van der Waals surface area contributed by atoms with E-state index >= 15 is 8.78 Å². The van der Waals surface area contributed by atoms with E-state index in [1.807, 2.05) is 25.2 Å². The summed E-state index contributed by atoms with van der Waals surface area (Å²) in [4.78, 5) is 15.2. The summed E-state index contributed by atoms with van der Waals surface area (Å²) < 4.78 is 38.6. The third-order valence-corrected chi connectivity index (χ3v) is 8.38. The van der Waals surface area contributed by atoms with Gasteiger partial charge in [0.05, 0.1) is 28.9 Å². The van der Waals surface area contributed by atoms with Crippen LogP contribution in [0, 0.1) is 0 Å². The highest BCUT2D eigenvalue weighted by atomic mass is 35.5. The molecular formula is C32H33ClF2N4O3. The number of carbonyl (C=O) groups is 1. The Hall–Kier alpha value is -3.53. The van der Waals surface area contributed by atoms with Crippen molar-refractivity contribution in [3.63, 3.8) is 0 Å².